The molecule has 0 atom stereocenters. The molecule has 0 bridgehead atoms. The number of aliphatic imine (C=N–C) groups is 1. The first kappa shape index (κ1) is 20.2. The zero-order valence-electron chi connectivity index (χ0n) is 13.6. The molecular formula is C17H26ClIN4. The van der Waals surface area contributed by atoms with Crippen LogP contribution in [0.5, 0.6) is 0 Å². The van der Waals surface area contributed by atoms with Crippen molar-refractivity contribution in [3.63, 3.8) is 0 Å². The van der Waals surface area contributed by atoms with E-state index in [1.807, 2.05) is 18.3 Å². The van der Waals surface area contributed by atoms with Crippen molar-refractivity contribution in [3.8, 4) is 0 Å². The highest BCUT2D eigenvalue weighted by Gasteiger charge is 2.04. The molecule has 0 amide bonds. The van der Waals surface area contributed by atoms with Gasteiger partial charge in [0.2, 0.25) is 0 Å². The minimum absolute atomic E-state index is 0. The fourth-order valence-corrected chi connectivity index (χ4v) is 2.61. The predicted molar refractivity (Wildman–Crippen MR) is 109 cm³/mol. The molecule has 128 valence electrons. The van der Waals surface area contributed by atoms with Gasteiger partial charge in [0, 0.05) is 25.8 Å². The molecule has 0 saturated carbocycles. The highest BCUT2D eigenvalue weighted by atomic mass is 127. The Morgan fingerprint density at radius 1 is 1.30 bits per heavy atom. The molecule has 0 spiro atoms. The first-order valence-corrected chi connectivity index (χ1v) is 8.46. The minimum Gasteiger partial charge on any atom is -0.357 e. The van der Waals surface area contributed by atoms with Gasteiger partial charge in [0.25, 0.3) is 0 Å². The molecule has 4 nitrogen and oxygen atoms in total. The lowest BCUT2D eigenvalue weighted by atomic mass is 10.2. The van der Waals surface area contributed by atoms with Crippen molar-refractivity contribution in [1.29, 1.82) is 0 Å². The number of guanidine groups is 1. The maximum absolute atomic E-state index is 5.79. The molecule has 2 N–H and O–H groups in total. The van der Waals surface area contributed by atoms with Gasteiger partial charge >= 0.3 is 0 Å². The minimum atomic E-state index is 0. The second-order valence-electron chi connectivity index (χ2n) is 5.43. The molecule has 23 heavy (non-hydrogen) atoms. The molecule has 0 saturated heterocycles. The highest BCUT2D eigenvalue weighted by Crippen LogP contribution is 2.20. The van der Waals surface area contributed by atoms with Gasteiger partial charge in [-0.25, -0.2) is 4.98 Å². The Morgan fingerprint density at radius 3 is 2.83 bits per heavy atom. The maximum atomic E-state index is 5.79. The van der Waals surface area contributed by atoms with Gasteiger partial charge in [0.15, 0.2) is 5.96 Å². The summed E-state index contributed by atoms with van der Waals surface area (Å²) >= 11 is 5.79. The molecule has 0 unspecified atom stereocenters. The van der Waals surface area contributed by atoms with Crippen molar-refractivity contribution in [3.05, 3.63) is 40.7 Å². The molecule has 1 aromatic heterocycles. The van der Waals surface area contributed by atoms with E-state index in [4.69, 9.17) is 11.6 Å². The Bertz CT molecular complexity index is 514. The van der Waals surface area contributed by atoms with Crippen molar-refractivity contribution < 1.29 is 0 Å². The third kappa shape index (κ3) is 8.01. The number of halogens is 2. The van der Waals surface area contributed by atoms with E-state index in [1.165, 1.54) is 24.8 Å². The number of pyridine rings is 1. The quantitative estimate of drug-likeness (QED) is 0.218. The Labute approximate surface area is 161 Å². The van der Waals surface area contributed by atoms with Gasteiger partial charge in [-0.2, -0.15) is 0 Å². The summed E-state index contributed by atoms with van der Waals surface area (Å²) in [5.41, 5.74) is 2.73. The first-order chi connectivity index (χ1) is 10.8. The molecule has 0 fully saturated rings. The summed E-state index contributed by atoms with van der Waals surface area (Å²) in [6, 6.07) is 3.83. The molecule has 0 aromatic carbocycles. The van der Waals surface area contributed by atoms with E-state index in [0.717, 1.165) is 38.4 Å². The Kier molecular flexibility index (Phi) is 10.3. The molecule has 1 heterocycles. The second-order valence-corrected chi connectivity index (χ2v) is 5.82. The van der Waals surface area contributed by atoms with Crippen LogP contribution in [0.1, 0.15) is 38.2 Å². The molecule has 1 aliphatic rings. The Morgan fingerprint density at radius 2 is 2.17 bits per heavy atom. The van der Waals surface area contributed by atoms with Gasteiger partial charge in [0.05, 0.1) is 0 Å². The summed E-state index contributed by atoms with van der Waals surface area (Å²) in [4.78, 5) is 8.73. The molecule has 1 aliphatic carbocycles. The van der Waals surface area contributed by atoms with Crippen LogP contribution < -0.4 is 10.6 Å². The molecule has 6 heteroatoms. The SMILES string of the molecule is CCNC(=NCCC1=CCCC1)NCCc1ccc(Cl)nc1.I. The topological polar surface area (TPSA) is 49.3 Å². The highest BCUT2D eigenvalue weighted by molar-refractivity contribution is 14.0. The van der Waals surface area contributed by atoms with E-state index < -0.39 is 0 Å². The van der Waals surface area contributed by atoms with E-state index in [0.29, 0.717) is 5.15 Å². The third-order valence-electron chi connectivity index (χ3n) is 3.68. The van der Waals surface area contributed by atoms with Crippen LogP contribution in [0.25, 0.3) is 0 Å². The van der Waals surface area contributed by atoms with Crippen molar-refractivity contribution in [2.75, 3.05) is 19.6 Å². The number of aromatic nitrogens is 1. The predicted octanol–water partition coefficient (Wildman–Crippen LogP) is 3.95. The van der Waals surface area contributed by atoms with Crippen LogP contribution in [0.3, 0.4) is 0 Å². The van der Waals surface area contributed by atoms with Crippen LogP contribution in [-0.2, 0) is 6.42 Å². The first-order valence-electron chi connectivity index (χ1n) is 8.08. The number of rotatable bonds is 7. The van der Waals surface area contributed by atoms with Gasteiger partial charge in [-0.3, -0.25) is 4.99 Å². The number of hydrogen-bond acceptors (Lipinski definition) is 2. The number of allylic oxidation sites excluding steroid dienone is 1. The van der Waals surface area contributed by atoms with Gasteiger partial charge in [-0.15, -0.1) is 24.0 Å². The normalized spacial score (nSPS) is 14.2. The molecule has 0 aliphatic heterocycles. The zero-order valence-corrected chi connectivity index (χ0v) is 16.7. The maximum Gasteiger partial charge on any atom is 0.191 e. The average Bonchev–Trinajstić information content (AvgIpc) is 3.02. The summed E-state index contributed by atoms with van der Waals surface area (Å²) in [6.07, 6.45) is 9.98. The average molecular weight is 449 g/mol. The van der Waals surface area contributed by atoms with Crippen LogP contribution in [0.4, 0.5) is 0 Å². The Hall–Kier alpha value is -0.820. The van der Waals surface area contributed by atoms with Gasteiger partial charge in [-0.1, -0.05) is 29.3 Å². The summed E-state index contributed by atoms with van der Waals surface area (Å²) in [7, 11) is 0. The van der Waals surface area contributed by atoms with Crippen LogP contribution in [-0.4, -0.2) is 30.6 Å². The second kappa shape index (κ2) is 11.7. The summed E-state index contributed by atoms with van der Waals surface area (Å²) in [5, 5.41) is 7.19. The van der Waals surface area contributed by atoms with Gasteiger partial charge in [-0.05, 0) is 50.7 Å². The smallest absolute Gasteiger partial charge is 0.191 e. The van der Waals surface area contributed by atoms with E-state index in [-0.39, 0.29) is 24.0 Å². The summed E-state index contributed by atoms with van der Waals surface area (Å²) < 4.78 is 0. The number of hydrogen-bond donors (Lipinski definition) is 2. The van der Waals surface area contributed by atoms with Crippen LogP contribution in [0, 0.1) is 0 Å². The number of nitrogens with zero attached hydrogens (tertiary/aromatic N) is 2. The molecule has 0 radical (unpaired) electrons. The van der Waals surface area contributed by atoms with Crippen molar-refractivity contribution in [1.82, 2.24) is 15.6 Å². The van der Waals surface area contributed by atoms with Crippen molar-refractivity contribution >= 4 is 41.5 Å². The van der Waals surface area contributed by atoms with Crippen LogP contribution >= 0.6 is 35.6 Å². The fourth-order valence-electron chi connectivity index (χ4n) is 2.50. The van der Waals surface area contributed by atoms with Crippen LogP contribution in [0.2, 0.25) is 5.15 Å². The standard InChI is InChI=1S/C17H25ClN4.HI/c1-2-19-17(20-11-9-14-5-3-4-6-14)21-12-10-15-7-8-16(18)22-13-15;/h5,7-8,13H,2-4,6,9-12H2,1H3,(H2,19,20,21);1H. The van der Waals surface area contributed by atoms with E-state index in [9.17, 15) is 0 Å². The largest absolute Gasteiger partial charge is 0.357 e. The van der Waals surface area contributed by atoms with E-state index >= 15 is 0 Å². The van der Waals surface area contributed by atoms with Crippen molar-refractivity contribution in [2.24, 2.45) is 4.99 Å². The lowest BCUT2D eigenvalue weighted by Crippen LogP contribution is -2.38. The van der Waals surface area contributed by atoms with E-state index in [2.05, 4.69) is 33.6 Å². The van der Waals surface area contributed by atoms with Gasteiger partial charge < -0.3 is 10.6 Å². The van der Waals surface area contributed by atoms with Crippen molar-refractivity contribution in [2.45, 2.75) is 39.0 Å². The summed E-state index contributed by atoms with van der Waals surface area (Å²) in [6.45, 7) is 4.64. The monoisotopic (exact) mass is 448 g/mol. The fraction of sp³-hybridized carbons (Fsp3) is 0.529. The molecule has 1 aromatic rings. The van der Waals surface area contributed by atoms with E-state index in [1.54, 1.807) is 5.57 Å². The molecule has 2 rings (SSSR count). The lowest BCUT2D eigenvalue weighted by Gasteiger charge is -2.11. The third-order valence-corrected chi connectivity index (χ3v) is 3.90. The molecular weight excluding hydrogens is 423 g/mol. The van der Waals surface area contributed by atoms with Gasteiger partial charge in [0.1, 0.15) is 5.15 Å². The van der Waals surface area contributed by atoms with Crippen LogP contribution in [0.15, 0.2) is 35.0 Å². The lowest BCUT2D eigenvalue weighted by molar-refractivity contribution is 0.788. The zero-order chi connectivity index (χ0) is 15.6. The Balaban J connectivity index is 0.00000264. The summed E-state index contributed by atoms with van der Waals surface area (Å²) in [5.74, 6) is 0.892. The number of nitrogens with one attached hydrogen (secondary N) is 2.